The molecule has 2 N–H and O–H groups in total. The fourth-order valence-electron chi connectivity index (χ4n) is 2.01. The quantitative estimate of drug-likeness (QED) is 0.847. The van der Waals surface area contributed by atoms with Crippen molar-refractivity contribution in [1.29, 1.82) is 0 Å². The lowest BCUT2D eigenvalue weighted by Gasteiger charge is -2.08. The number of benzene rings is 1. The molecule has 0 spiro atoms. The van der Waals surface area contributed by atoms with Gasteiger partial charge in [0.25, 0.3) is 0 Å². The average Bonchev–Trinajstić information content (AvgIpc) is 2.80. The third-order valence-corrected chi connectivity index (χ3v) is 2.81. The molecule has 0 aliphatic rings. The minimum atomic E-state index is -0.0197. The van der Waals surface area contributed by atoms with Gasteiger partial charge in [-0.25, -0.2) is 0 Å². The van der Waals surface area contributed by atoms with Crippen molar-refractivity contribution in [2.45, 2.75) is 26.4 Å². The summed E-state index contributed by atoms with van der Waals surface area (Å²) in [6.45, 7) is 4.64. The number of hydrogen-bond acceptors (Lipinski definition) is 4. The normalized spacial score (nSPS) is 11.0. The number of nitrogens with one attached hydrogen (secondary N) is 2. The second kappa shape index (κ2) is 6.43. The van der Waals surface area contributed by atoms with E-state index in [1.807, 2.05) is 38.1 Å². The Morgan fingerprint density at radius 2 is 2.20 bits per heavy atom. The smallest absolute Gasteiger partial charge is 0.234 e. The molecule has 2 aromatic rings. The fraction of sp³-hybridized carbons (Fsp3) is 0.400. The minimum absolute atomic E-state index is 0.0197. The first kappa shape index (κ1) is 14.4. The van der Waals surface area contributed by atoms with Crippen LogP contribution in [0.25, 0.3) is 11.0 Å². The highest BCUT2D eigenvalue weighted by molar-refractivity contribution is 5.83. The molecule has 108 valence electrons. The Kier molecular flexibility index (Phi) is 4.63. The van der Waals surface area contributed by atoms with E-state index >= 15 is 0 Å². The van der Waals surface area contributed by atoms with Crippen molar-refractivity contribution in [3.63, 3.8) is 0 Å². The second-order valence-corrected chi connectivity index (χ2v) is 4.92. The van der Waals surface area contributed by atoms with Crippen LogP contribution in [-0.2, 0) is 11.3 Å². The van der Waals surface area contributed by atoms with Crippen molar-refractivity contribution in [3.8, 4) is 5.75 Å². The summed E-state index contributed by atoms with van der Waals surface area (Å²) in [5.74, 6) is 1.47. The molecule has 0 radical (unpaired) electrons. The summed E-state index contributed by atoms with van der Waals surface area (Å²) in [6, 6.07) is 7.85. The van der Waals surface area contributed by atoms with Crippen LogP contribution < -0.4 is 15.4 Å². The van der Waals surface area contributed by atoms with Gasteiger partial charge in [0, 0.05) is 11.4 Å². The molecular weight excluding hydrogens is 256 g/mol. The number of fused-ring (bicyclic) bond motifs is 1. The van der Waals surface area contributed by atoms with Crippen molar-refractivity contribution in [3.05, 3.63) is 30.0 Å². The van der Waals surface area contributed by atoms with Gasteiger partial charge in [-0.3, -0.25) is 4.79 Å². The van der Waals surface area contributed by atoms with Crippen molar-refractivity contribution < 1.29 is 13.9 Å². The van der Waals surface area contributed by atoms with E-state index < -0.39 is 0 Å². The molecule has 1 aromatic carbocycles. The van der Waals surface area contributed by atoms with Gasteiger partial charge in [-0.2, -0.15) is 0 Å². The molecule has 0 unspecified atom stereocenters. The van der Waals surface area contributed by atoms with E-state index in [-0.39, 0.29) is 18.5 Å². The van der Waals surface area contributed by atoms with Crippen LogP contribution in [0.3, 0.4) is 0 Å². The molecule has 5 heteroatoms. The molecule has 0 bridgehead atoms. The van der Waals surface area contributed by atoms with E-state index in [0.29, 0.717) is 12.3 Å². The van der Waals surface area contributed by atoms with Gasteiger partial charge >= 0.3 is 0 Å². The zero-order chi connectivity index (χ0) is 14.5. The van der Waals surface area contributed by atoms with Gasteiger partial charge in [0.05, 0.1) is 20.2 Å². The van der Waals surface area contributed by atoms with Crippen LogP contribution in [0.5, 0.6) is 5.75 Å². The van der Waals surface area contributed by atoms with Crippen molar-refractivity contribution >= 4 is 16.9 Å². The number of para-hydroxylation sites is 1. The lowest BCUT2D eigenvalue weighted by molar-refractivity contribution is -0.120. The van der Waals surface area contributed by atoms with Crippen molar-refractivity contribution in [2.75, 3.05) is 13.7 Å². The monoisotopic (exact) mass is 276 g/mol. The Balaban J connectivity index is 1.95. The summed E-state index contributed by atoms with van der Waals surface area (Å²) >= 11 is 0. The van der Waals surface area contributed by atoms with E-state index in [0.717, 1.165) is 16.7 Å². The Bertz CT molecular complexity index is 590. The zero-order valence-electron chi connectivity index (χ0n) is 12.0. The molecule has 5 nitrogen and oxygen atoms in total. The summed E-state index contributed by atoms with van der Waals surface area (Å²) < 4.78 is 11.0. The lowest BCUT2D eigenvalue weighted by Crippen LogP contribution is -2.37. The van der Waals surface area contributed by atoms with E-state index in [1.165, 1.54) is 0 Å². The van der Waals surface area contributed by atoms with E-state index in [1.54, 1.807) is 7.11 Å². The highest BCUT2D eigenvalue weighted by Gasteiger charge is 2.09. The van der Waals surface area contributed by atoms with Gasteiger partial charge in [0.2, 0.25) is 5.91 Å². The number of carbonyl (C=O) groups excluding carboxylic acids is 1. The Morgan fingerprint density at radius 3 is 2.90 bits per heavy atom. The van der Waals surface area contributed by atoms with Gasteiger partial charge in [-0.1, -0.05) is 12.1 Å². The van der Waals surface area contributed by atoms with Crippen LogP contribution in [0, 0.1) is 0 Å². The highest BCUT2D eigenvalue weighted by atomic mass is 16.5. The average molecular weight is 276 g/mol. The first-order valence-electron chi connectivity index (χ1n) is 6.65. The summed E-state index contributed by atoms with van der Waals surface area (Å²) in [5.41, 5.74) is 0.735. The minimum Gasteiger partial charge on any atom is -0.493 e. The second-order valence-electron chi connectivity index (χ2n) is 4.92. The maximum absolute atomic E-state index is 11.5. The predicted molar refractivity (Wildman–Crippen MR) is 77.8 cm³/mol. The molecule has 1 amide bonds. The van der Waals surface area contributed by atoms with Crippen LogP contribution in [-0.4, -0.2) is 25.6 Å². The van der Waals surface area contributed by atoms with E-state index in [4.69, 9.17) is 9.15 Å². The van der Waals surface area contributed by atoms with Gasteiger partial charge in [-0.15, -0.1) is 0 Å². The lowest BCUT2D eigenvalue weighted by atomic mass is 10.2. The molecule has 20 heavy (non-hydrogen) atoms. The Hall–Kier alpha value is -2.01. The number of hydrogen-bond donors (Lipinski definition) is 2. The number of methoxy groups -OCH3 is 1. The van der Waals surface area contributed by atoms with Gasteiger partial charge < -0.3 is 19.8 Å². The molecule has 1 heterocycles. The number of carbonyl (C=O) groups is 1. The number of furan rings is 1. The van der Waals surface area contributed by atoms with Crippen LogP contribution >= 0.6 is 0 Å². The largest absolute Gasteiger partial charge is 0.493 e. The summed E-state index contributed by atoms with van der Waals surface area (Å²) in [7, 11) is 1.62. The Morgan fingerprint density at radius 1 is 1.40 bits per heavy atom. The molecule has 0 saturated carbocycles. The maximum Gasteiger partial charge on any atom is 0.234 e. The van der Waals surface area contributed by atoms with Gasteiger partial charge in [-0.05, 0) is 26.0 Å². The molecule has 0 aliphatic heterocycles. The summed E-state index contributed by atoms with van der Waals surface area (Å²) in [4.78, 5) is 11.5. The van der Waals surface area contributed by atoms with Crippen LogP contribution in [0.15, 0.2) is 28.7 Å². The molecule has 0 saturated heterocycles. The van der Waals surface area contributed by atoms with Crippen LogP contribution in [0.2, 0.25) is 0 Å². The van der Waals surface area contributed by atoms with Gasteiger partial charge in [0.15, 0.2) is 11.3 Å². The van der Waals surface area contributed by atoms with Crippen molar-refractivity contribution in [1.82, 2.24) is 10.6 Å². The molecule has 2 rings (SSSR count). The zero-order valence-corrected chi connectivity index (χ0v) is 12.0. The van der Waals surface area contributed by atoms with Crippen LogP contribution in [0.1, 0.15) is 19.6 Å². The maximum atomic E-state index is 11.5. The molecular formula is C15H20N2O3. The Labute approximate surface area is 118 Å². The predicted octanol–water partition coefficient (Wildman–Crippen LogP) is 2.06. The highest BCUT2D eigenvalue weighted by Crippen LogP contribution is 2.28. The molecule has 1 aromatic heterocycles. The van der Waals surface area contributed by atoms with E-state index in [9.17, 15) is 4.79 Å². The fourth-order valence-corrected chi connectivity index (χ4v) is 2.01. The first-order valence-corrected chi connectivity index (χ1v) is 6.65. The number of rotatable bonds is 6. The molecule has 0 atom stereocenters. The molecule has 0 fully saturated rings. The SMILES string of the molecule is COc1cccc2cc(CNCC(=O)NC(C)C)oc12. The molecule has 0 aliphatic carbocycles. The number of amides is 1. The van der Waals surface area contributed by atoms with Gasteiger partial charge in [0.1, 0.15) is 5.76 Å². The van der Waals surface area contributed by atoms with Crippen molar-refractivity contribution in [2.24, 2.45) is 0 Å². The third-order valence-electron chi connectivity index (χ3n) is 2.81. The third kappa shape index (κ3) is 3.51. The summed E-state index contributed by atoms with van der Waals surface area (Å²) in [6.07, 6.45) is 0. The topological polar surface area (TPSA) is 63.5 Å². The first-order chi connectivity index (χ1) is 9.60. The van der Waals surface area contributed by atoms with E-state index in [2.05, 4.69) is 10.6 Å². The van der Waals surface area contributed by atoms with Crippen LogP contribution in [0.4, 0.5) is 0 Å². The standard InChI is InChI=1S/C15H20N2O3/c1-10(2)17-14(18)9-16-8-12-7-11-5-4-6-13(19-3)15(11)20-12/h4-7,10,16H,8-9H2,1-3H3,(H,17,18). The number of ether oxygens (including phenoxy) is 1. The summed E-state index contributed by atoms with van der Waals surface area (Å²) in [5, 5.41) is 6.87.